The van der Waals surface area contributed by atoms with Crippen LogP contribution in [-0.2, 0) is 16.4 Å². The van der Waals surface area contributed by atoms with E-state index in [1.54, 1.807) is 6.07 Å². The predicted molar refractivity (Wildman–Crippen MR) is 81.0 cm³/mol. The Balaban J connectivity index is 2.42. The maximum absolute atomic E-state index is 12.0. The average Bonchev–Trinajstić information content (AvgIpc) is 2.78. The number of nitrogens with two attached hydrogens (primary N) is 1. The zero-order valence-corrected chi connectivity index (χ0v) is 13.3. The maximum atomic E-state index is 12.0. The quantitative estimate of drug-likeness (QED) is 0.688. The van der Waals surface area contributed by atoms with E-state index in [4.69, 9.17) is 5.73 Å². The molecule has 1 rings (SSSR count). The monoisotopic (exact) mass is 304 g/mol. The lowest BCUT2D eigenvalue weighted by Gasteiger charge is -2.06. The molecule has 1 aromatic heterocycles. The first-order valence-electron chi connectivity index (χ1n) is 6.74. The number of hydrogen-bond acceptors (Lipinski definition) is 4. The van der Waals surface area contributed by atoms with Crippen molar-refractivity contribution in [2.75, 3.05) is 13.1 Å². The molecule has 0 fully saturated rings. The van der Waals surface area contributed by atoms with Crippen molar-refractivity contribution in [3.63, 3.8) is 0 Å². The Morgan fingerprint density at radius 1 is 1.32 bits per heavy atom. The number of rotatable bonds is 9. The highest BCUT2D eigenvalue weighted by atomic mass is 32.2. The number of sulfonamides is 1. The highest BCUT2D eigenvalue weighted by molar-refractivity contribution is 7.91. The molecule has 0 bridgehead atoms. The summed E-state index contributed by atoms with van der Waals surface area (Å²) >= 11 is 1.30. The van der Waals surface area contributed by atoms with Crippen molar-refractivity contribution in [3.05, 3.63) is 17.0 Å². The lowest BCUT2D eigenvalue weighted by Crippen LogP contribution is -2.24. The molecule has 0 aliphatic rings. The van der Waals surface area contributed by atoms with Gasteiger partial charge in [-0.2, -0.15) is 0 Å². The number of thiophene rings is 1. The van der Waals surface area contributed by atoms with E-state index in [1.165, 1.54) is 11.3 Å². The van der Waals surface area contributed by atoms with Crippen LogP contribution in [0.25, 0.3) is 0 Å². The zero-order valence-electron chi connectivity index (χ0n) is 11.7. The summed E-state index contributed by atoms with van der Waals surface area (Å²) in [6, 6.07) is 3.50. The van der Waals surface area contributed by atoms with Crippen LogP contribution in [0.1, 0.15) is 38.0 Å². The lowest BCUT2D eigenvalue weighted by atomic mass is 10.1. The minimum Gasteiger partial charge on any atom is -0.330 e. The van der Waals surface area contributed by atoms with E-state index in [0.717, 1.165) is 30.6 Å². The first kappa shape index (κ1) is 16.6. The van der Waals surface area contributed by atoms with Gasteiger partial charge < -0.3 is 5.73 Å². The molecular formula is C13H24N2O2S2. The van der Waals surface area contributed by atoms with Crippen LogP contribution in [0.4, 0.5) is 0 Å². The highest BCUT2D eigenvalue weighted by Crippen LogP contribution is 2.21. The minimum absolute atomic E-state index is 0.389. The van der Waals surface area contributed by atoms with E-state index in [9.17, 15) is 8.42 Å². The Morgan fingerprint density at radius 3 is 2.68 bits per heavy atom. The van der Waals surface area contributed by atoms with Gasteiger partial charge in [0.05, 0.1) is 0 Å². The molecule has 3 N–H and O–H groups in total. The van der Waals surface area contributed by atoms with Crippen LogP contribution < -0.4 is 10.5 Å². The molecule has 0 atom stereocenters. The SMILES string of the molecule is CC(C)CCCCNS(=O)(=O)c1ccc(CCN)s1. The van der Waals surface area contributed by atoms with E-state index < -0.39 is 10.0 Å². The molecule has 0 saturated heterocycles. The van der Waals surface area contributed by atoms with Gasteiger partial charge in [0.25, 0.3) is 0 Å². The van der Waals surface area contributed by atoms with E-state index in [1.807, 2.05) is 6.07 Å². The molecule has 0 aromatic carbocycles. The van der Waals surface area contributed by atoms with Gasteiger partial charge in [0.1, 0.15) is 4.21 Å². The van der Waals surface area contributed by atoms with Crippen molar-refractivity contribution in [2.45, 2.75) is 43.7 Å². The number of hydrogen-bond donors (Lipinski definition) is 2. The molecule has 4 nitrogen and oxygen atoms in total. The summed E-state index contributed by atoms with van der Waals surface area (Å²) in [7, 11) is -3.33. The van der Waals surface area contributed by atoms with Crippen molar-refractivity contribution in [3.8, 4) is 0 Å². The number of nitrogens with one attached hydrogen (secondary N) is 1. The molecule has 0 aliphatic heterocycles. The van der Waals surface area contributed by atoms with Crippen molar-refractivity contribution < 1.29 is 8.42 Å². The Labute approximate surface area is 120 Å². The Kier molecular flexibility index (Phi) is 6.99. The first-order chi connectivity index (χ1) is 8.95. The van der Waals surface area contributed by atoms with Gasteiger partial charge in [0.15, 0.2) is 0 Å². The predicted octanol–water partition coefficient (Wildman–Crippen LogP) is 2.35. The van der Waals surface area contributed by atoms with Crippen molar-refractivity contribution in [2.24, 2.45) is 11.7 Å². The second-order valence-corrected chi connectivity index (χ2v) is 8.21. The molecule has 0 aliphatic carbocycles. The van der Waals surface area contributed by atoms with Gasteiger partial charge in [-0.25, -0.2) is 13.1 Å². The van der Waals surface area contributed by atoms with E-state index in [0.29, 0.717) is 23.2 Å². The van der Waals surface area contributed by atoms with Crippen molar-refractivity contribution in [1.82, 2.24) is 4.72 Å². The fourth-order valence-corrected chi connectivity index (χ4v) is 4.22. The first-order valence-corrected chi connectivity index (χ1v) is 9.04. The van der Waals surface area contributed by atoms with Crippen LogP contribution in [0.3, 0.4) is 0 Å². The molecule has 0 radical (unpaired) electrons. The molecule has 1 heterocycles. The summed E-state index contributed by atoms with van der Waals surface area (Å²) in [5.41, 5.74) is 5.46. The standard InChI is InChI=1S/C13H24N2O2S2/c1-11(2)5-3-4-10-15-19(16,17)13-7-6-12(18-13)8-9-14/h6-7,11,15H,3-5,8-10,14H2,1-2H3. The molecule has 19 heavy (non-hydrogen) atoms. The summed E-state index contributed by atoms with van der Waals surface area (Å²) in [6.45, 7) is 5.41. The molecule has 0 unspecified atom stereocenters. The van der Waals surface area contributed by atoms with Crippen LogP contribution in [0, 0.1) is 5.92 Å². The van der Waals surface area contributed by atoms with Crippen LogP contribution in [0.15, 0.2) is 16.3 Å². The summed E-state index contributed by atoms with van der Waals surface area (Å²) in [6.07, 6.45) is 3.82. The molecular weight excluding hydrogens is 280 g/mol. The molecule has 0 saturated carbocycles. The molecule has 110 valence electrons. The maximum Gasteiger partial charge on any atom is 0.250 e. The second-order valence-electron chi connectivity index (χ2n) is 5.05. The summed E-state index contributed by atoms with van der Waals surface area (Å²) in [4.78, 5) is 1.02. The third kappa shape index (κ3) is 6.03. The topological polar surface area (TPSA) is 72.2 Å². The highest BCUT2D eigenvalue weighted by Gasteiger charge is 2.15. The summed E-state index contributed by atoms with van der Waals surface area (Å²) in [5, 5.41) is 0. The lowest BCUT2D eigenvalue weighted by molar-refractivity contribution is 0.531. The van der Waals surface area contributed by atoms with Crippen molar-refractivity contribution >= 4 is 21.4 Å². The van der Waals surface area contributed by atoms with Gasteiger partial charge in [-0.3, -0.25) is 0 Å². The van der Waals surface area contributed by atoms with E-state index in [2.05, 4.69) is 18.6 Å². The second kappa shape index (κ2) is 7.99. The molecule has 6 heteroatoms. The molecule has 0 spiro atoms. The summed E-state index contributed by atoms with van der Waals surface area (Å²) < 4.78 is 27.1. The fraction of sp³-hybridized carbons (Fsp3) is 0.692. The Hall–Kier alpha value is -0.430. The van der Waals surface area contributed by atoms with Crippen LogP contribution in [-0.4, -0.2) is 21.5 Å². The normalized spacial score (nSPS) is 12.2. The van der Waals surface area contributed by atoms with Gasteiger partial charge in [-0.1, -0.05) is 26.7 Å². The van der Waals surface area contributed by atoms with Gasteiger partial charge in [0, 0.05) is 11.4 Å². The largest absolute Gasteiger partial charge is 0.330 e. The van der Waals surface area contributed by atoms with Gasteiger partial charge >= 0.3 is 0 Å². The summed E-state index contributed by atoms with van der Waals surface area (Å²) in [5.74, 6) is 0.674. The zero-order chi connectivity index (χ0) is 14.3. The minimum atomic E-state index is -3.33. The third-order valence-electron chi connectivity index (χ3n) is 2.79. The molecule has 0 amide bonds. The van der Waals surface area contributed by atoms with Gasteiger partial charge in [-0.05, 0) is 37.4 Å². The van der Waals surface area contributed by atoms with Gasteiger partial charge in [0.2, 0.25) is 10.0 Å². The fourth-order valence-electron chi connectivity index (χ4n) is 1.73. The van der Waals surface area contributed by atoms with Crippen molar-refractivity contribution in [1.29, 1.82) is 0 Å². The molecule has 1 aromatic rings. The van der Waals surface area contributed by atoms with Crippen LogP contribution in [0.5, 0.6) is 0 Å². The van der Waals surface area contributed by atoms with E-state index >= 15 is 0 Å². The van der Waals surface area contributed by atoms with Crippen LogP contribution >= 0.6 is 11.3 Å². The third-order valence-corrected chi connectivity index (χ3v) is 5.89. The smallest absolute Gasteiger partial charge is 0.250 e. The van der Waals surface area contributed by atoms with Gasteiger partial charge in [-0.15, -0.1) is 11.3 Å². The number of unbranched alkanes of at least 4 members (excludes halogenated alkanes) is 1. The average molecular weight is 304 g/mol. The van der Waals surface area contributed by atoms with E-state index in [-0.39, 0.29) is 0 Å². The van der Waals surface area contributed by atoms with Crippen LogP contribution in [0.2, 0.25) is 0 Å². The Morgan fingerprint density at radius 2 is 2.05 bits per heavy atom. The Bertz CT molecular complexity index is 467.